The Balaban J connectivity index is 1.74. The molecule has 4 rings (SSSR count). The lowest BCUT2D eigenvalue weighted by molar-refractivity contribution is 0.397. The Hall–Kier alpha value is -2.47. The number of hydrogen-bond donors (Lipinski definition) is 2. The Kier molecular flexibility index (Phi) is 3.27. The lowest BCUT2D eigenvalue weighted by Gasteiger charge is -2.28. The van der Waals surface area contributed by atoms with Gasteiger partial charge in [0.2, 0.25) is 11.8 Å². The fourth-order valence-electron chi connectivity index (χ4n) is 3.08. The van der Waals surface area contributed by atoms with E-state index in [1.165, 1.54) is 11.3 Å². The van der Waals surface area contributed by atoms with E-state index < -0.39 is 0 Å². The van der Waals surface area contributed by atoms with Crippen molar-refractivity contribution in [3.8, 4) is 5.88 Å². The zero-order valence-electron chi connectivity index (χ0n) is 12.6. The predicted molar refractivity (Wildman–Crippen MR) is 91.1 cm³/mol. The predicted octanol–water partition coefficient (Wildman–Crippen LogP) is 2.76. The van der Waals surface area contributed by atoms with E-state index in [2.05, 4.69) is 19.9 Å². The van der Waals surface area contributed by atoms with E-state index in [-0.39, 0.29) is 5.95 Å². The highest BCUT2D eigenvalue weighted by atomic mass is 35.5. The van der Waals surface area contributed by atoms with Gasteiger partial charge in [-0.05, 0) is 18.2 Å². The molecule has 3 heterocycles. The van der Waals surface area contributed by atoms with Crippen molar-refractivity contribution in [1.82, 2.24) is 15.0 Å². The van der Waals surface area contributed by atoms with Crippen LogP contribution in [0.25, 0.3) is 10.9 Å². The molecule has 0 bridgehead atoms. The lowest BCUT2D eigenvalue weighted by atomic mass is 10.0. The summed E-state index contributed by atoms with van der Waals surface area (Å²) in [6.07, 6.45) is 0.911. The number of fused-ring (bicyclic) bond motifs is 3. The Morgan fingerprint density at radius 2 is 2.17 bits per heavy atom. The summed E-state index contributed by atoms with van der Waals surface area (Å²) in [4.78, 5) is 14.0. The van der Waals surface area contributed by atoms with E-state index in [1.807, 2.05) is 24.3 Å². The number of nitrogen functional groups attached to an aromatic ring is 1. The van der Waals surface area contributed by atoms with Crippen molar-refractivity contribution < 1.29 is 4.74 Å². The molecule has 0 spiro atoms. The number of halogens is 1. The summed E-state index contributed by atoms with van der Waals surface area (Å²) >= 11 is 6.15. The molecule has 0 atom stereocenters. The SMILES string of the molecule is COc1cc(N2CCc3[nH]c4ccc(Cl)cc4c3C2)nc(N)n1. The molecule has 23 heavy (non-hydrogen) atoms. The van der Waals surface area contributed by atoms with Gasteiger partial charge >= 0.3 is 0 Å². The van der Waals surface area contributed by atoms with Gasteiger partial charge in [-0.3, -0.25) is 0 Å². The van der Waals surface area contributed by atoms with Crippen molar-refractivity contribution in [1.29, 1.82) is 0 Å². The summed E-state index contributed by atoms with van der Waals surface area (Å²) < 4.78 is 5.19. The number of benzene rings is 1. The van der Waals surface area contributed by atoms with Crippen LogP contribution in [-0.4, -0.2) is 28.6 Å². The second-order valence-corrected chi connectivity index (χ2v) is 6.01. The summed E-state index contributed by atoms with van der Waals surface area (Å²) in [7, 11) is 1.57. The molecule has 1 aromatic carbocycles. The molecule has 1 aliphatic rings. The molecule has 0 saturated carbocycles. The minimum absolute atomic E-state index is 0.215. The van der Waals surface area contributed by atoms with Crippen LogP contribution in [0.3, 0.4) is 0 Å². The molecule has 1 aliphatic heterocycles. The fourth-order valence-corrected chi connectivity index (χ4v) is 3.25. The van der Waals surface area contributed by atoms with E-state index in [9.17, 15) is 0 Å². The maximum absolute atomic E-state index is 6.15. The molecule has 7 heteroatoms. The maximum Gasteiger partial charge on any atom is 0.225 e. The van der Waals surface area contributed by atoms with Crippen LogP contribution < -0.4 is 15.4 Å². The van der Waals surface area contributed by atoms with Gasteiger partial charge in [-0.15, -0.1) is 0 Å². The van der Waals surface area contributed by atoms with Crippen LogP contribution in [-0.2, 0) is 13.0 Å². The number of ether oxygens (including phenoxy) is 1. The zero-order valence-corrected chi connectivity index (χ0v) is 13.4. The highest BCUT2D eigenvalue weighted by molar-refractivity contribution is 6.31. The monoisotopic (exact) mass is 329 g/mol. The van der Waals surface area contributed by atoms with E-state index >= 15 is 0 Å². The molecule has 0 aliphatic carbocycles. The Morgan fingerprint density at radius 1 is 1.30 bits per heavy atom. The molecular formula is C16H16ClN5O. The van der Waals surface area contributed by atoms with Crippen LogP contribution in [0.15, 0.2) is 24.3 Å². The largest absolute Gasteiger partial charge is 0.481 e. The first kappa shape index (κ1) is 14.1. The Bertz CT molecular complexity index is 892. The highest BCUT2D eigenvalue weighted by Gasteiger charge is 2.22. The number of nitrogens with two attached hydrogens (primary N) is 1. The topological polar surface area (TPSA) is 80.1 Å². The van der Waals surface area contributed by atoms with Gasteiger partial charge in [-0.2, -0.15) is 9.97 Å². The summed E-state index contributed by atoms with van der Waals surface area (Å²) in [6, 6.07) is 7.74. The Morgan fingerprint density at radius 3 is 3.00 bits per heavy atom. The first-order valence-electron chi connectivity index (χ1n) is 7.36. The van der Waals surface area contributed by atoms with Gasteiger partial charge < -0.3 is 20.4 Å². The molecule has 0 fully saturated rings. The second-order valence-electron chi connectivity index (χ2n) is 5.57. The van der Waals surface area contributed by atoms with Crippen molar-refractivity contribution in [2.75, 3.05) is 24.3 Å². The number of nitrogens with one attached hydrogen (secondary N) is 1. The standard InChI is InChI=1S/C16H16ClN5O/c1-23-15-7-14(20-16(18)21-15)22-5-4-13-11(8-22)10-6-9(17)2-3-12(10)19-13/h2-3,6-7,19H,4-5,8H2,1H3,(H2,18,20,21). The first-order valence-corrected chi connectivity index (χ1v) is 7.74. The third-order valence-electron chi connectivity index (χ3n) is 4.18. The van der Waals surface area contributed by atoms with Crippen LogP contribution in [0.4, 0.5) is 11.8 Å². The zero-order chi connectivity index (χ0) is 16.0. The fraction of sp³-hybridized carbons (Fsp3) is 0.250. The van der Waals surface area contributed by atoms with Crippen molar-refractivity contribution in [2.45, 2.75) is 13.0 Å². The number of aromatic nitrogens is 3. The van der Waals surface area contributed by atoms with Crippen LogP contribution in [0.1, 0.15) is 11.3 Å². The lowest BCUT2D eigenvalue weighted by Crippen LogP contribution is -2.31. The summed E-state index contributed by atoms with van der Waals surface area (Å²) in [5.74, 6) is 1.46. The van der Waals surface area contributed by atoms with E-state index in [1.54, 1.807) is 7.11 Å². The molecule has 0 amide bonds. The normalized spacial score (nSPS) is 14.1. The molecule has 118 valence electrons. The second kappa shape index (κ2) is 5.31. The van der Waals surface area contributed by atoms with Crippen LogP contribution >= 0.6 is 11.6 Å². The van der Waals surface area contributed by atoms with Crippen molar-refractivity contribution in [3.63, 3.8) is 0 Å². The molecule has 0 radical (unpaired) electrons. The molecule has 0 saturated heterocycles. The highest BCUT2D eigenvalue weighted by Crippen LogP contribution is 2.32. The van der Waals surface area contributed by atoms with Crippen molar-refractivity contribution in [3.05, 3.63) is 40.5 Å². The van der Waals surface area contributed by atoms with Gasteiger partial charge in [-0.25, -0.2) is 0 Å². The number of H-pyrrole nitrogens is 1. The summed E-state index contributed by atoms with van der Waals surface area (Å²) in [5.41, 5.74) is 9.40. The minimum Gasteiger partial charge on any atom is -0.481 e. The third-order valence-corrected chi connectivity index (χ3v) is 4.41. The number of anilines is 2. The Labute approximate surface area is 138 Å². The average Bonchev–Trinajstić information content (AvgIpc) is 2.91. The van der Waals surface area contributed by atoms with Gasteiger partial charge in [0.1, 0.15) is 5.82 Å². The van der Waals surface area contributed by atoms with Crippen LogP contribution in [0, 0.1) is 0 Å². The summed E-state index contributed by atoms with van der Waals surface area (Å²) in [6.45, 7) is 1.60. The first-order chi connectivity index (χ1) is 11.1. The smallest absolute Gasteiger partial charge is 0.225 e. The molecule has 3 N–H and O–H groups in total. The van der Waals surface area contributed by atoms with Gasteiger partial charge in [0, 0.05) is 52.8 Å². The van der Waals surface area contributed by atoms with Gasteiger partial charge in [0.15, 0.2) is 0 Å². The van der Waals surface area contributed by atoms with Crippen LogP contribution in [0.2, 0.25) is 5.02 Å². The van der Waals surface area contributed by atoms with Crippen molar-refractivity contribution >= 4 is 34.3 Å². The maximum atomic E-state index is 6.15. The molecule has 2 aromatic heterocycles. The minimum atomic E-state index is 0.215. The van der Waals surface area contributed by atoms with Crippen molar-refractivity contribution in [2.24, 2.45) is 0 Å². The average molecular weight is 330 g/mol. The molecule has 6 nitrogen and oxygen atoms in total. The number of rotatable bonds is 2. The van der Waals surface area contributed by atoms with Gasteiger partial charge in [-0.1, -0.05) is 11.6 Å². The van der Waals surface area contributed by atoms with Crippen LogP contribution in [0.5, 0.6) is 5.88 Å². The van der Waals surface area contributed by atoms with Gasteiger partial charge in [0.25, 0.3) is 0 Å². The van der Waals surface area contributed by atoms with E-state index in [0.29, 0.717) is 5.88 Å². The molecule has 0 unspecified atom stereocenters. The van der Waals surface area contributed by atoms with Gasteiger partial charge in [0.05, 0.1) is 7.11 Å². The molecule has 3 aromatic rings. The number of methoxy groups -OCH3 is 1. The number of aromatic amines is 1. The third kappa shape index (κ3) is 2.45. The van der Waals surface area contributed by atoms with E-state index in [0.717, 1.165) is 41.3 Å². The summed E-state index contributed by atoms with van der Waals surface area (Å²) in [5, 5.41) is 1.90. The number of nitrogens with zero attached hydrogens (tertiary/aromatic N) is 3. The van der Waals surface area contributed by atoms with E-state index in [4.69, 9.17) is 22.1 Å². The quantitative estimate of drug-likeness (QED) is 0.755. The number of hydrogen-bond acceptors (Lipinski definition) is 5. The molecular weight excluding hydrogens is 314 g/mol.